The molecule has 0 fully saturated rings. The molecule has 16 heavy (non-hydrogen) atoms. The van der Waals surface area contributed by atoms with Crippen molar-refractivity contribution in [1.82, 2.24) is 0 Å². The van der Waals surface area contributed by atoms with Gasteiger partial charge in [0.1, 0.15) is 5.97 Å². The van der Waals surface area contributed by atoms with E-state index in [4.69, 9.17) is 5.11 Å². The summed E-state index contributed by atoms with van der Waals surface area (Å²) in [4.78, 5) is 32.0. The summed E-state index contributed by atoms with van der Waals surface area (Å²) in [5.41, 5.74) is -1.82. The lowest BCUT2D eigenvalue weighted by Gasteiger charge is -2.30. The first-order valence-corrected chi connectivity index (χ1v) is 4.40. The van der Waals surface area contributed by atoms with Gasteiger partial charge in [-0.3, -0.25) is 4.79 Å². The standard InChI is InChI=1S/C10H10O6/c11-6-1-3-10(4-2-6,9(15)16)5-7(12)8(13)14/h1-4,6,11H,5H2,(H,13,14)(H,15,16)/p-2. The van der Waals surface area contributed by atoms with Crippen molar-refractivity contribution in [3.05, 3.63) is 24.3 Å². The summed E-state index contributed by atoms with van der Waals surface area (Å²) in [6.07, 6.45) is 2.60. The van der Waals surface area contributed by atoms with Crippen molar-refractivity contribution in [2.75, 3.05) is 0 Å². The number of carboxylic acid groups (broad SMARTS) is 2. The third-order valence-corrected chi connectivity index (χ3v) is 2.24. The summed E-state index contributed by atoms with van der Waals surface area (Å²) in [7, 11) is 0. The van der Waals surface area contributed by atoms with Crippen LogP contribution in [0.4, 0.5) is 0 Å². The number of aliphatic hydroxyl groups is 1. The third-order valence-electron chi connectivity index (χ3n) is 2.24. The molecule has 0 saturated carbocycles. The molecule has 0 bridgehead atoms. The van der Waals surface area contributed by atoms with Crippen molar-refractivity contribution in [1.29, 1.82) is 0 Å². The minimum atomic E-state index is -1.95. The van der Waals surface area contributed by atoms with Gasteiger partial charge in [0.15, 0.2) is 5.78 Å². The maximum absolute atomic E-state index is 10.9. The van der Waals surface area contributed by atoms with Crippen molar-refractivity contribution in [3.8, 4) is 0 Å². The molecule has 0 spiro atoms. The molecule has 0 unspecified atom stereocenters. The molecule has 1 aliphatic carbocycles. The zero-order valence-electron chi connectivity index (χ0n) is 8.08. The number of hydrogen-bond donors (Lipinski definition) is 1. The van der Waals surface area contributed by atoms with Crippen LogP contribution in [0.15, 0.2) is 24.3 Å². The van der Waals surface area contributed by atoms with Crippen LogP contribution in [0.1, 0.15) is 6.42 Å². The average Bonchev–Trinajstić information content (AvgIpc) is 2.21. The molecule has 1 rings (SSSR count). The van der Waals surface area contributed by atoms with Crippen molar-refractivity contribution in [2.24, 2.45) is 5.41 Å². The Morgan fingerprint density at radius 1 is 1.19 bits per heavy atom. The number of Topliss-reactive ketones (excluding diaryl/α,β-unsaturated/α-hetero) is 1. The first-order chi connectivity index (χ1) is 7.37. The summed E-state index contributed by atoms with van der Waals surface area (Å²) in [6, 6.07) is 0. The lowest BCUT2D eigenvalue weighted by molar-refractivity contribution is -0.314. The molecule has 0 radical (unpaired) electrons. The van der Waals surface area contributed by atoms with Crippen LogP contribution in [-0.2, 0) is 14.4 Å². The van der Waals surface area contributed by atoms with Gasteiger partial charge >= 0.3 is 0 Å². The first-order valence-electron chi connectivity index (χ1n) is 4.40. The van der Waals surface area contributed by atoms with E-state index in [1.807, 2.05) is 0 Å². The molecule has 0 aromatic rings. The summed E-state index contributed by atoms with van der Waals surface area (Å²) < 4.78 is 0. The zero-order chi connectivity index (χ0) is 12.3. The Balaban J connectivity index is 2.96. The highest BCUT2D eigenvalue weighted by Gasteiger charge is 2.31. The van der Waals surface area contributed by atoms with Crippen LogP contribution in [0.2, 0.25) is 0 Å². The van der Waals surface area contributed by atoms with Gasteiger partial charge in [0.05, 0.1) is 17.5 Å². The molecule has 0 saturated heterocycles. The van der Waals surface area contributed by atoms with Crippen LogP contribution in [-0.4, -0.2) is 28.9 Å². The Labute approximate surface area is 90.5 Å². The molecule has 0 amide bonds. The molecule has 0 heterocycles. The smallest absolute Gasteiger partial charge is 0.179 e. The van der Waals surface area contributed by atoms with Crippen LogP contribution < -0.4 is 10.2 Å². The van der Waals surface area contributed by atoms with Crippen molar-refractivity contribution in [3.63, 3.8) is 0 Å². The van der Waals surface area contributed by atoms with E-state index in [2.05, 4.69) is 0 Å². The van der Waals surface area contributed by atoms with E-state index in [0.29, 0.717) is 0 Å². The van der Waals surface area contributed by atoms with Crippen LogP contribution in [0.5, 0.6) is 0 Å². The number of carbonyl (C=O) groups excluding carboxylic acids is 3. The largest absolute Gasteiger partial charge is 0.549 e. The molecular formula is C10H8O6-2. The fourth-order valence-electron chi connectivity index (χ4n) is 1.32. The number of hydrogen-bond acceptors (Lipinski definition) is 6. The van der Waals surface area contributed by atoms with Crippen LogP contribution in [0.25, 0.3) is 0 Å². The molecule has 0 aromatic carbocycles. The van der Waals surface area contributed by atoms with Crippen molar-refractivity contribution < 1.29 is 29.7 Å². The van der Waals surface area contributed by atoms with Crippen molar-refractivity contribution in [2.45, 2.75) is 12.5 Å². The summed E-state index contributed by atoms with van der Waals surface area (Å²) in [5, 5.41) is 30.2. The number of carboxylic acids is 2. The van der Waals surface area contributed by atoms with Gasteiger partial charge in [-0.05, 0) is 0 Å². The van der Waals surface area contributed by atoms with E-state index < -0.39 is 35.7 Å². The molecule has 86 valence electrons. The van der Waals surface area contributed by atoms with Gasteiger partial charge < -0.3 is 24.9 Å². The summed E-state index contributed by atoms with van der Waals surface area (Å²) >= 11 is 0. The van der Waals surface area contributed by atoms with E-state index in [9.17, 15) is 24.6 Å². The third kappa shape index (κ3) is 2.34. The number of ketones is 1. The Bertz CT molecular complexity index is 378. The number of carbonyl (C=O) groups is 3. The second-order valence-electron chi connectivity index (χ2n) is 3.42. The average molecular weight is 224 g/mol. The quantitative estimate of drug-likeness (QED) is 0.399. The second-order valence-corrected chi connectivity index (χ2v) is 3.42. The van der Waals surface area contributed by atoms with Crippen LogP contribution >= 0.6 is 0 Å². The van der Waals surface area contributed by atoms with Crippen molar-refractivity contribution >= 4 is 17.7 Å². The minimum absolute atomic E-state index is 0.794. The molecule has 0 aliphatic heterocycles. The predicted molar refractivity (Wildman–Crippen MR) is 46.4 cm³/mol. The molecule has 6 heteroatoms. The molecular weight excluding hydrogens is 216 g/mol. The van der Waals surface area contributed by atoms with E-state index in [1.54, 1.807) is 0 Å². The van der Waals surface area contributed by atoms with E-state index >= 15 is 0 Å². The highest BCUT2D eigenvalue weighted by molar-refractivity contribution is 6.32. The highest BCUT2D eigenvalue weighted by atomic mass is 16.4. The van der Waals surface area contributed by atoms with E-state index in [-0.39, 0.29) is 0 Å². The van der Waals surface area contributed by atoms with Crippen LogP contribution in [0.3, 0.4) is 0 Å². The lowest BCUT2D eigenvalue weighted by atomic mass is 9.79. The predicted octanol–water partition coefficient (Wildman–Crippen LogP) is -3.08. The Hall–Kier alpha value is -1.95. The Morgan fingerprint density at radius 2 is 1.69 bits per heavy atom. The number of aliphatic hydroxyl groups excluding tert-OH is 1. The van der Waals surface area contributed by atoms with E-state index in [0.717, 1.165) is 24.3 Å². The van der Waals surface area contributed by atoms with Crippen LogP contribution in [0, 0.1) is 5.41 Å². The Morgan fingerprint density at radius 3 is 2.06 bits per heavy atom. The van der Waals surface area contributed by atoms with Gasteiger partial charge in [0.25, 0.3) is 0 Å². The molecule has 0 aromatic heterocycles. The minimum Gasteiger partial charge on any atom is -0.549 e. The normalized spacial score (nSPS) is 27.7. The van der Waals surface area contributed by atoms with E-state index in [1.165, 1.54) is 0 Å². The molecule has 1 N–H and O–H groups in total. The van der Waals surface area contributed by atoms with Gasteiger partial charge in [-0.15, -0.1) is 0 Å². The van der Waals surface area contributed by atoms with Gasteiger partial charge in [0.2, 0.25) is 0 Å². The topological polar surface area (TPSA) is 118 Å². The number of rotatable bonds is 4. The lowest BCUT2D eigenvalue weighted by Crippen LogP contribution is -2.45. The van der Waals surface area contributed by atoms with Gasteiger partial charge in [-0.2, -0.15) is 0 Å². The SMILES string of the molecule is O=C([O-])C(=O)CC1(C(=O)[O-])C=CC(O)C=C1. The maximum Gasteiger partial charge on any atom is 0.179 e. The molecule has 1 aliphatic rings. The molecule has 0 atom stereocenters. The van der Waals surface area contributed by atoms with Gasteiger partial charge in [-0.1, -0.05) is 24.3 Å². The fourth-order valence-corrected chi connectivity index (χ4v) is 1.32. The first kappa shape index (κ1) is 12.1. The Kier molecular flexibility index (Phi) is 3.24. The second kappa shape index (κ2) is 4.28. The zero-order valence-corrected chi connectivity index (χ0v) is 8.08. The molecule has 6 nitrogen and oxygen atoms in total. The fraction of sp³-hybridized carbons (Fsp3) is 0.300. The number of aliphatic carboxylic acids is 2. The summed E-state index contributed by atoms with van der Waals surface area (Å²) in [5.74, 6) is -4.90. The maximum atomic E-state index is 10.9. The summed E-state index contributed by atoms with van der Waals surface area (Å²) in [6.45, 7) is 0. The van der Waals surface area contributed by atoms with Gasteiger partial charge in [0, 0.05) is 6.42 Å². The monoisotopic (exact) mass is 224 g/mol. The highest BCUT2D eigenvalue weighted by Crippen LogP contribution is 2.29. The van der Waals surface area contributed by atoms with Gasteiger partial charge in [-0.25, -0.2) is 0 Å².